The zero-order valence-corrected chi connectivity index (χ0v) is 8.89. The average Bonchev–Trinajstić information content (AvgIpc) is 2.20. The summed E-state index contributed by atoms with van der Waals surface area (Å²) in [7, 11) is 0. The van der Waals surface area contributed by atoms with Crippen LogP contribution in [0.25, 0.3) is 4.85 Å². The molecule has 0 N–H and O–H groups in total. The third-order valence-electron chi connectivity index (χ3n) is 1.79. The van der Waals surface area contributed by atoms with Gasteiger partial charge in [-0.05, 0) is 6.92 Å². The van der Waals surface area contributed by atoms with Crippen LogP contribution in [0.15, 0.2) is 53.8 Å². The van der Waals surface area contributed by atoms with Gasteiger partial charge >= 0.3 is 6.04 Å². The summed E-state index contributed by atoms with van der Waals surface area (Å²) in [5.41, 5.74) is 1.40. The highest BCUT2D eigenvalue weighted by molar-refractivity contribution is 5.39. The molecule has 3 nitrogen and oxygen atoms in total. The van der Waals surface area contributed by atoms with E-state index in [1.165, 1.54) is 0 Å². The number of hydrogen-bond donors (Lipinski definition) is 0. The molecule has 0 aliphatic carbocycles. The van der Waals surface area contributed by atoms with Gasteiger partial charge in [0.05, 0.1) is 0 Å². The molecule has 0 amide bonds. The summed E-state index contributed by atoms with van der Waals surface area (Å²) in [4.78, 5) is 13.8. The summed E-state index contributed by atoms with van der Waals surface area (Å²) in [6.07, 6.45) is 7.11. The SMILES string of the molecule is C#[N+]C(C(=C)CN=O)C(C=CC)=CC=C. The molecule has 0 heterocycles. The van der Waals surface area contributed by atoms with Crippen molar-refractivity contribution in [3.8, 4) is 6.57 Å². The predicted molar refractivity (Wildman–Crippen MR) is 65.0 cm³/mol. The van der Waals surface area contributed by atoms with Crippen molar-refractivity contribution in [3.05, 3.63) is 58.4 Å². The number of allylic oxidation sites excluding steroid dienone is 3. The molecule has 0 aliphatic heterocycles. The molecular formula is C12H15N2O+. The van der Waals surface area contributed by atoms with E-state index in [1.54, 1.807) is 12.2 Å². The van der Waals surface area contributed by atoms with Crippen LogP contribution in [0.4, 0.5) is 0 Å². The number of nitroso groups, excluding NO2 is 1. The molecule has 0 aromatic heterocycles. The van der Waals surface area contributed by atoms with Crippen LogP contribution in [0.1, 0.15) is 6.92 Å². The van der Waals surface area contributed by atoms with E-state index in [1.807, 2.05) is 19.1 Å². The normalized spacial score (nSPS) is 13.2. The van der Waals surface area contributed by atoms with E-state index in [-0.39, 0.29) is 6.54 Å². The van der Waals surface area contributed by atoms with E-state index in [4.69, 9.17) is 6.57 Å². The van der Waals surface area contributed by atoms with E-state index in [0.29, 0.717) is 5.57 Å². The Kier molecular flexibility index (Phi) is 6.48. The summed E-state index contributed by atoms with van der Waals surface area (Å²) in [6.45, 7) is 14.5. The van der Waals surface area contributed by atoms with Gasteiger partial charge in [-0.25, -0.2) is 0 Å². The molecule has 0 saturated carbocycles. The first-order valence-electron chi connectivity index (χ1n) is 4.53. The Labute approximate surface area is 90.3 Å². The Balaban J connectivity index is 5.00. The average molecular weight is 203 g/mol. The lowest BCUT2D eigenvalue weighted by Gasteiger charge is -2.02. The first-order chi connectivity index (χ1) is 7.21. The summed E-state index contributed by atoms with van der Waals surface area (Å²) < 4.78 is 0. The van der Waals surface area contributed by atoms with Crippen molar-refractivity contribution in [3.63, 3.8) is 0 Å². The molecule has 0 fully saturated rings. The lowest BCUT2D eigenvalue weighted by atomic mass is 10.00. The van der Waals surface area contributed by atoms with Crippen molar-refractivity contribution in [2.45, 2.75) is 13.0 Å². The number of hydrogen-bond acceptors (Lipinski definition) is 2. The zero-order chi connectivity index (χ0) is 11.7. The smallest absolute Gasteiger partial charge is 0.150 e. The molecule has 0 radical (unpaired) electrons. The van der Waals surface area contributed by atoms with Gasteiger partial charge in [0, 0.05) is 11.1 Å². The largest absolute Gasteiger partial charge is 0.319 e. The minimum absolute atomic E-state index is 0.0113. The maximum absolute atomic E-state index is 10.1. The van der Waals surface area contributed by atoms with Crippen LogP contribution in [0.5, 0.6) is 0 Å². The molecule has 0 spiro atoms. The molecule has 0 bridgehead atoms. The van der Waals surface area contributed by atoms with E-state index in [0.717, 1.165) is 5.57 Å². The molecule has 0 aromatic carbocycles. The van der Waals surface area contributed by atoms with Crippen LogP contribution in [0.2, 0.25) is 0 Å². The van der Waals surface area contributed by atoms with Crippen LogP contribution in [-0.2, 0) is 0 Å². The lowest BCUT2D eigenvalue weighted by Crippen LogP contribution is -2.10. The van der Waals surface area contributed by atoms with Gasteiger partial charge in [0.15, 0.2) is 0 Å². The minimum Gasteiger partial charge on any atom is -0.150 e. The predicted octanol–water partition coefficient (Wildman–Crippen LogP) is 3.33. The van der Waals surface area contributed by atoms with Gasteiger partial charge in [-0.15, -0.1) is 0 Å². The molecule has 1 atom stereocenters. The quantitative estimate of drug-likeness (QED) is 0.370. The van der Waals surface area contributed by atoms with Gasteiger partial charge in [0.2, 0.25) is 0 Å². The van der Waals surface area contributed by atoms with Crippen LogP contribution < -0.4 is 0 Å². The Hall–Kier alpha value is -1.95. The van der Waals surface area contributed by atoms with Crippen molar-refractivity contribution in [1.29, 1.82) is 0 Å². The van der Waals surface area contributed by atoms with Gasteiger partial charge in [0.25, 0.3) is 6.57 Å². The minimum atomic E-state index is -0.406. The molecule has 78 valence electrons. The van der Waals surface area contributed by atoms with Gasteiger partial charge < -0.3 is 0 Å². The van der Waals surface area contributed by atoms with Crippen LogP contribution >= 0.6 is 0 Å². The summed E-state index contributed by atoms with van der Waals surface area (Å²) in [6, 6.07) is -0.406. The summed E-state index contributed by atoms with van der Waals surface area (Å²) in [5, 5.41) is 2.76. The third kappa shape index (κ3) is 4.19. The van der Waals surface area contributed by atoms with Gasteiger partial charge in [-0.2, -0.15) is 4.91 Å². The maximum atomic E-state index is 10.1. The Bertz CT molecular complexity index is 345. The second-order valence-corrected chi connectivity index (χ2v) is 2.90. The summed E-state index contributed by atoms with van der Waals surface area (Å²) >= 11 is 0. The highest BCUT2D eigenvalue weighted by Gasteiger charge is 2.23. The van der Waals surface area contributed by atoms with Gasteiger partial charge in [-0.3, -0.25) is 0 Å². The molecule has 0 aromatic rings. The molecular weight excluding hydrogens is 188 g/mol. The Morgan fingerprint density at radius 2 is 2.33 bits per heavy atom. The Morgan fingerprint density at radius 3 is 2.73 bits per heavy atom. The van der Waals surface area contributed by atoms with E-state index in [9.17, 15) is 4.91 Å². The zero-order valence-electron chi connectivity index (χ0n) is 8.89. The first-order valence-corrected chi connectivity index (χ1v) is 4.53. The monoisotopic (exact) mass is 203 g/mol. The highest BCUT2D eigenvalue weighted by atomic mass is 16.3. The fraction of sp³-hybridized carbons (Fsp3) is 0.250. The van der Waals surface area contributed by atoms with Crippen molar-refractivity contribution in [2.24, 2.45) is 5.18 Å². The van der Waals surface area contributed by atoms with E-state index < -0.39 is 6.04 Å². The third-order valence-corrected chi connectivity index (χ3v) is 1.79. The highest BCUT2D eigenvalue weighted by Crippen LogP contribution is 2.17. The van der Waals surface area contributed by atoms with Crippen LogP contribution in [0, 0.1) is 11.5 Å². The lowest BCUT2D eigenvalue weighted by molar-refractivity contribution is 0.981. The molecule has 15 heavy (non-hydrogen) atoms. The van der Waals surface area contributed by atoms with Crippen molar-refractivity contribution < 1.29 is 0 Å². The van der Waals surface area contributed by atoms with Crippen LogP contribution in [-0.4, -0.2) is 12.6 Å². The second-order valence-electron chi connectivity index (χ2n) is 2.90. The van der Waals surface area contributed by atoms with Crippen LogP contribution in [0.3, 0.4) is 0 Å². The molecule has 3 heteroatoms. The van der Waals surface area contributed by atoms with Gasteiger partial charge in [0.1, 0.15) is 6.54 Å². The van der Waals surface area contributed by atoms with Crippen molar-refractivity contribution >= 4 is 0 Å². The van der Waals surface area contributed by atoms with E-state index in [2.05, 4.69) is 23.2 Å². The summed E-state index contributed by atoms with van der Waals surface area (Å²) in [5.74, 6) is 0. The molecule has 0 rings (SSSR count). The fourth-order valence-electron chi connectivity index (χ4n) is 1.16. The molecule has 1 unspecified atom stereocenters. The van der Waals surface area contributed by atoms with Crippen molar-refractivity contribution in [2.75, 3.05) is 6.54 Å². The topological polar surface area (TPSA) is 33.8 Å². The van der Waals surface area contributed by atoms with E-state index >= 15 is 0 Å². The van der Waals surface area contributed by atoms with Gasteiger partial charge in [-0.1, -0.05) is 47.5 Å². The fourth-order valence-corrected chi connectivity index (χ4v) is 1.16. The van der Waals surface area contributed by atoms with Crippen molar-refractivity contribution in [1.82, 2.24) is 0 Å². The standard InChI is InChI=1S/C12H15N2O/c1-5-7-11(8-6-2)12(13-4)10(3)9-14-15/h4-8,12H,1,3,9H2,2H3/q+1. The first kappa shape index (κ1) is 13.1. The number of rotatable bonds is 6. The molecule has 0 saturated heterocycles. The maximum Gasteiger partial charge on any atom is 0.319 e. The number of nitrogens with zero attached hydrogens (tertiary/aromatic N) is 2. The molecule has 0 aliphatic rings. The Morgan fingerprint density at radius 1 is 1.67 bits per heavy atom. The second kappa shape index (κ2) is 7.45.